The Bertz CT molecular complexity index is 940. The minimum Gasteiger partial charge on any atom is -0.390 e. The van der Waals surface area contributed by atoms with E-state index in [0.29, 0.717) is 5.92 Å². The lowest BCUT2D eigenvalue weighted by Gasteiger charge is -2.50. The highest BCUT2D eigenvalue weighted by Gasteiger charge is 2.46. The lowest BCUT2D eigenvalue weighted by atomic mass is 9.71. The van der Waals surface area contributed by atoms with Crippen LogP contribution in [-0.4, -0.2) is 28.7 Å². The number of aryl methyl sites for hydroxylation is 1. The van der Waals surface area contributed by atoms with Crippen molar-refractivity contribution in [3.8, 4) is 0 Å². The second kappa shape index (κ2) is 6.74. The minimum atomic E-state index is -0.591. The van der Waals surface area contributed by atoms with Gasteiger partial charge in [0.2, 0.25) is 0 Å². The largest absolute Gasteiger partial charge is 0.390 e. The molecule has 3 atom stereocenters. The maximum Gasteiger partial charge on any atom is 0.0700 e. The average Bonchev–Trinajstić information content (AvgIpc) is 2.82. The fourth-order valence-corrected chi connectivity index (χ4v) is 6.12. The third kappa shape index (κ3) is 2.84. The fraction of sp³-hybridized carbons (Fsp3) is 0.500. The molecule has 1 N–H and O–H groups in total. The quantitative estimate of drug-likeness (QED) is 0.639. The van der Waals surface area contributed by atoms with Gasteiger partial charge in [0.15, 0.2) is 0 Å². The Hall–Kier alpha value is -1.06. The van der Waals surface area contributed by atoms with Gasteiger partial charge in [-0.3, -0.25) is 4.90 Å². The van der Waals surface area contributed by atoms with Crippen molar-refractivity contribution in [1.29, 1.82) is 0 Å². The zero-order chi connectivity index (χ0) is 19.6. The van der Waals surface area contributed by atoms with Crippen LogP contribution in [0.2, 0.25) is 10.0 Å². The van der Waals surface area contributed by atoms with Crippen LogP contribution in [0, 0.1) is 5.92 Å². The van der Waals surface area contributed by atoms with E-state index in [1.807, 2.05) is 6.07 Å². The molecule has 28 heavy (non-hydrogen) atoms. The molecular formula is C24H27Cl2NO. The van der Waals surface area contributed by atoms with Crippen LogP contribution in [0.4, 0.5) is 0 Å². The Morgan fingerprint density at radius 2 is 1.93 bits per heavy atom. The van der Waals surface area contributed by atoms with Crippen LogP contribution in [0.1, 0.15) is 66.5 Å². The summed E-state index contributed by atoms with van der Waals surface area (Å²) in [5.74, 6) is 0.569. The van der Waals surface area contributed by atoms with Crippen LogP contribution >= 0.6 is 23.2 Å². The monoisotopic (exact) mass is 415 g/mol. The highest BCUT2D eigenvalue weighted by Crippen LogP contribution is 2.51. The molecule has 1 saturated heterocycles. The Morgan fingerprint density at radius 1 is 1.11 bits per heavy atom. The first-order chi connectivity index (χ1) is 13.4. The van der Waals surface area contributed by atoms with Crippen LogP contribution in [0.25, 0.3) is 0 Å². The molecule has 4 heteroatoms. The molecule has 2 aromatic rings. The van der Waals surface area contributed by atoms with Crippen LogP contribution in [0.3, 0.4) is 0 Å². The Kier molecular flexibility index (Phi) is 4.56. The van der Waals surface area contributed by atoms with Crippen LogP contribution in [0.5, 0.6) is 0 Å². The number of hydrogen-bond acceptors (Lipinski definition) is 2. The van der Waals surface area contributed by atoms with Crippen LogP contribution < -0.4 is 0 Å². The summed E-state index contributed by atoms with van der Waals surface area (Å²) in [6.45, 7) is 6.19. The summed E-state index contributed by atoms with van der Waals surface area (Å²) in [5, 5.41) is 12.9. The van der Waals surface area contributed by atoms with E-state index >= 15 is 0 Å². The zero-order valence-electron chi connectivity index (χ0n) is 16.5. The van der Waals surface area contributed by atoms with E-state index < -0.39 is 5.60 Å². The van der Waals surface area contributed by atoms with Crippen molar-refractivity contribution < 1.29 is 5.11 Å². The van der Waals surface area contributed by atoms with Crippen molar-refractivity contribution in [2.75, 3.05) is 13.1 Å². The number of fused-ring (bicyclic) bond motifs is 4. The smallest absolute Gasteiger partial charge is 0.0700 e. The number of nitrogens with zero attached hydrogens (tertiary/aromatic N) is 1. The number of hydrogen-bond donors (Lipinski definition) is 1. The number of rotatable bonds is 1. The van der Waals surface area contributed by atoms with Gasteiger partial charge in [-0.15, -0.1) is 0 Å². The molecule has 2 heterocycles. The van der Waals surface area contributed by atoms with Crippen molar-refractivity contribution in [1.82, 2.24) is 4.90 Å². The lowest BCUT2D eigenvalue weighted by Crippen LogP contribution is -2.51. The molecule has 3 aliphatic rings. The normalized spacial score (nSPS) is 29.1. The summed E-state index contributed by atoms with van der Waals surface area (Å²) in [6.07, 6.45) is 3.61. The summed E-state index contributed by atoms with van der Waals surface area (Å²) in [6, 6.07) is 10.9. The molecule has 2 aliphatic heterocycles. The lowest BCUT2D eigenvalue weighted by molar-refractivity contribution is -0.0822. The van der Waals surface area contributed by atoms with Gasteiger partial charge >= 0.3 is 0 Å². The number of benzene rings is 2. The van der Waals surface area contributed by atoms with Crippen molar-refractivity contribution in [2.45, 2.75) is 57.1 Å². The predicted octanol–water partition coefficient (Wildman–Crippen LogP) is 5.76. The molecular weight excluding hydrogens is 389 g/mol. The van der Waals surface area contributed by atoms with Crippen molar-refractivity contribution >= 4 is 23.2 Å². The summed E-state index contributed by atoms with van der Waals surface area (Å²) >= 11 is 13.1. The molecule has 0 aromatic heterocycles. The molecule has 0 radical (unpaired) electrons. The van der Waals surface area contributed by atoms with Crippen molar-refractivity contribution in [3.05, 3.63) is 68.2 Å². The summed E-state index contributed by atoms with van der Waals surface area (Å²) in [5.41, 5.74) is 6.23. The molecule has 0 bridgehead atoms. The third-order valence-corrected chi connectivity index (χ3v) is 8.07. The Morgan fingerprint density at radius 3 is 2.71 bits per heavy atom. The van der Waals surface area contributed by atoms with Crippen molar-refractivity contribution in [3.63, 3.8) is 0 Å². The van der Waals surface area contributed by atoms with Crippen LogP contribution in [-0.2, 0) is 12.8 Å². The van der Waals surface area contributed by atoms with Gasteiger partial charge in [0.05, 0.1) is 5.60 Å². The van der Waals surface area contributed by atoms with Gasteiger partial charge in [0.25, 0.3) is 0 Å². The van der Waals surface area contributed by atoms with E-state index in [0.717, 1.165) is 48.8 Å². The molecule has 0 unspecified atom stereocenters. The predicted molar refractivity (Wildman–Crippen MR) is 115 cm³/mol. The summed E-state index contributed by atoms with van der Waals surface area (Å²) in [4.78, 5) is 2.58. The maximum absolute atomic E-state index is 11.3. The standard InChI is InChI=1S/C24H27Cl2NO/c1-14(2)24(28)9-10-27-13-20-19-11-16(25)5-3-15(19)4-6-17-21(26)8-7-18(23(17)20)22(27)12-24/h3,5,7-8,11,14,20,22,28H,4,6,9-10,12-13H2,1-2H3/t20-,22-,24-/m1/s1. The van der Waals surface area contributed by atoms with Crippen LogP contribution in [0.15, 0.2) is 30.3 Å². The van der Waals surface area contributed by atoms with E-state index in [1.165, 1.54) is 27.8 Å². The van der Waals surface area contributed by atoms with Gasteiger partial charge in [-0.25, -0.2) is 0 Å². The molecule has 1 fully saturated rings. The van der Waals surface area contributed by atoms with Gasteiger partial charge in [-0.1, -0.05) is 49.2 Å². The maximum atomic E-state index is 11.3. The number of aliphatic hydroxyl groups is 1. The minimum absolute atomic E-state index is 0.262. The second-order valence-electron chi connectivity index (χ2n) is 9.15. The highest BCUT2D eigenvalue weighted by molar-refractivity contribution is 6.31. The van der Waals surface area contributed by atoms with Gasteiger partial charge in [-0.2, -0.15) is 0 Å². The Balaban J connectivity index is 1.68. The molecule has 5 rings (SSSR count). The Labute approximate surface area is 177 Å². The zero-order valence-corrected chi connectivity index (χ0v) is 18.0. The molecule has 0 saturated carbocycles. The molecule has 148 valence electrons. The molecule has 2 aromatic carbocycles. The summed E-state index contributed by atoms with van der Waals surface area (Å²) in [7, 11) is 0. The van der Waals surface area contributed by atoms with Gasteiger partial charge in [0, 0.05) is 35.1 Å². The second-order valence-corrected chi connectivity index (χ2v) is 9.99. The van der Waals surface area contributed by atoms with Gasteiger partial charge in [0.1, 0.15) is 0 Å². The fourth-order valence-electron chi connectivity index (χ4n) is 5.68. The topological polar surface area (TPSA) is 23.5 Å². The van der Waals surface area contributed by atoms with E-state index in [-0.39, 0.29) is 12.0 Å². The molecule has 1 aliphatic carbocycles. The first kappa shape index (κ1) is 18.9. The molecule has 0 amide bonds. The third-order valence-electron chi connectivity index (χ3n) is 7.48. The number of piperidine rings is 1. The molecule has 2 nitrogen and oxygen atoms in total. The molecule has 0 spiro atoms. The number of halogens is 2. The van der Waals surface area contributed by atoms with Gasteiger partial charge in [-0.05, 0) is 77.6 Å². The van der Waals surface area contributed by atoms with E-state index in [4.69, 9.17) is 23.2 Å². The highest BCUT2D eigenvalue weighted by atomic mass is 35.5. The first-order valence-electron chi connectivity index (χ1n) is 10.4. The SMILES string of the molecule is CC(C)[C@@]1(O)CCN2C[C@@H]3c4cc(Cl)ccc4CCc4c(Cl)ccc(c43)[C@H]2C1. The van der Waals surface area contributed by atoms with E-state index in [2.05, 4.69) is 43.0 Å². The first-order valence-corrected chi connectivity index (χ1v) is 11.2. The summed E-state index contributed by atoms with van der Waals surface area (Å²) < 4.78 is 0. The van der Waals surface area contributed by atoms with Crippen molar-refractivity contribution in [2.24, 2.45) is 5.92 Å². The van der Waals surface area contributed by atoms with E-state index in [9.17, 15) is 5.11 Å². The van der Waals surface area contributed by atoms with Gasteiger partial charge < -0.3 is 5.11 Å². The van der Waals surface area contributed by atoms with E-state index in [1.54, 1.807) is 0 Å². The average molecular weight is 416 g/mol.